The molecule has 20 heavy (non-hydrogen) atoms. The standard InChI is InChI=1S/C12H12N6OS/c1-2-14-12-15-10(7-4-6-20-11(7)16-12)18-5-3-8(17-18)9(13)19/h3-6H,2H2,1H3,(H2,13,19)(H,14,15,16). The Morgan fingerprint density at radius 2 is 2.30 bits per heavy atom. The highest BCUT2D eigenvalue weighted by molar-refractivity contribution is 7.16. The average molecular weight is 288 g/mol. The maximum atomic E-state index is 11.1. The van der Waals surface area contributed by atoms with Crippen molar-refractivity contribution in [2.24, 2.45) is 5.73 Å². The van der Waals surface area contributed by atoms with Crippen LogP contribution in [0.25, 0.3) is 16.0 Å². The van der Waals surface area contributed by atoms with Gasteiger partial charge in [-0.2, -0.15) is 10.1 Å². The molecule has 0 aliphatic carbocycles. The summed E-state index contributed by atoms with van der Waals surface area (Å²) in [6, 6.07) is 3.49. The molecular weight excluding hydrogens is 276 g/mol. The fourth-order valence-corrected chi connectivity index (χ4v) is 2.58. The Labute approximate surface area is 118 Å². The zero-order chi connectivity index (χ0) is 14.1. The summed E-state index contributed by atoms with van der Waals surface area (Å²) in [4.78, 5) is 20.9. The zero-order valence-corrected chi connectivity index (χ0v) is 11.5. The number of anilines is 1. The monoisotopic (exact) mass is 288 g/mol. The number of primary amides is 1. The van der Waals surface area contributed by atoms with Gasteiger partial charge in [-0.1, -0.05) is 0 Å². The summed E-state index contributed by atoms with van der Waals surface area (Å²) in [6.45, 7) is 2.70. The molecule has 3 aromatic rings. The highest BCUT2D eigenvalue weighted by Gasteiger charge is 2.13. The van der Waals surface area contributed by atoms with Crippen LogP contribution < -0.4 is 11.1 Å². The lowest BCUT2D eigenvalue weighted by Crippen LogP contribution is -2.13. The van der Waals surface area contributed by atoms with Gasteiger partial charge in [0.2, 0.25) is 5.95 Å². The number of nitrogens with one attached hydrogen (secondary N) is 1. The topological polar surface area (TPSA) is 98.7 Å². The first-order chi connectivity index (χ1) is 9.69. The fraction of sp³-hybridized carbons (Fsp3) is 0.167. The molecule has 0 atom stereocenters. The molecule has 8 heteroatoms. The second-order valence-corrected chi connectivity index (χ2v) is 4.94. The van der Waals surface area contributed by atoms with Gasteiger partial charge < -0.3 is 11.1 Å². The van der Waals surface area contributed by atoms with Crippen LogP contribution >= 0.6 is 11.3 Å². The maximum Gasteiger partial charge on any atom is 0.269 e. The van der Waals surface area contributed by atoms with Gasteiger partial charge in [0, 0.05) is 12.7 Å². The Morgan fingerprint density at radius 3 is 3.00 bits per heavy atom. The number of hydrogen-bond acceptors (Lipinski definition) is 6. The Hall–Kier alpha value is -2.48. The smallest absolute Gasteiger partial charge is 0.269 e. The number of nitrogens with two attached hydrogens (primary N) is 1. The van der Waals surface area contributed by atoms with Crippen LogP contribution in [0.4, 0.5) is 5.95 Å². The third kappa shape index (κ3) is 2.10. The van der Waals surface area contributed by atoms with E-state index in [1.165, 1.54) is 16.0 Å². The van der Waals surface area contributed by atoms with Gasteiger partial charge in [-0.05, 0) is 24.4 Å². The van der Waals surface area contributed by atoms with E-state index >= 15 is 0 Å². The lowest BCUT2D eigenvalue weighted by molar-refractivity contribution is 0.0995. The van der Waals surface area contributed by atoms with E-state index in [0.29, 0.717) is 11.8 Å². The number of aromatic nitrogens is 4. The van der Waals surface area contributed by atoms with Gasteiger partial charge in [0.15, 0.2) is 5.82 Å². The van der Waals surface area contributed by atoms with E-state index in [1.54, 1.807) is 12.3 Å². The van der Waals surface area contributed by atoms with Crippen LogP contribution in [0.3, 0.4) is 0 Å². The van der Waals surface area contributed by atoms with Crippen LogP contribution in [0.2, 0.25) is 0 Å². The minimum Gasteiger partial charge on any atom is -0.364 e. The molecule has 3 rings (SSSR count). The number of hydrogen-bond donors (Lipinski definition) is 2. The van der Waals surface area contributed by atoms with Crippen LogP contribution in [0.15, 0.2) is 23.7 Å². The molecule has 0 unspecified atom stereocenters. The molecule has 0 radical (unpaired) electrons. The van der Waals surface area contributed by atoms with Gasteiger partial charge in [0.25, 0.3) is 5.91 Å². The van der Waals surface area contributed by atoms with Crippen LogP contribution in [-0.4, -0.2) is 32.2 Å². The first-order valence-electron chi connectivity index (χ1n) is 6.04. The summed E-state index contributed by atoms with van der Waals surface area (Å²) in [7, 11) is 0. The van der Waals surface area contributed by atoms with Crippen LogP contribution in [0, 0.1) is 0 Å². The Kier molecular flexibility index (Phi) is 3.07. The minimum atomic E-state index is -0.564. The van der Waals surface area contributed by atoms with Crippen LogP contribution in [-0.2, 0) is 0 Å². The molecule has 0 bridgehead atoms. The first-order valence-corrected chi connectivity index (χ1v) is 6.92. The molecular formula is C12H12N6OS. The van der Waals surface area contributed by atoms with Gasteiger partial charge in [-0.25, -0.2) is 9.67 Å². The molecule has 3 heterocycles. The van der Waals surface area contributed by atoms with Gasteiger partial charge in [-0.3, -0.25) is 4.79 Å². The number of carbonyl (C=O) groups is 1. The summed E-state index contributed by atoms with van der Waals surface area (Å²) in [6.07, 6.45) is 1.66. The molecule has 0 aliphatic heterocycles. The third-order valence-electron chi connectivity index (χ3n) is 2.70. The predicted molar refractivity (Wildman–Crippen MR) is 77.2 cm³/mol. The van der Waals surface area contributed by atoms with E-state index in [1.807, 2.05) is 18.4 Å². The van der Waals surface area contributed by atoms with E-state index in [9.17, 15) is 4.79 Å². The molecule has 7 nitrogen and oxygen atoms in total. The highest BCUT2D eigenvalue weighted by Crippen LogP contribution is 2.25. The second-order valence-electron chi connectivity index (χ2n) is 4.05. The highest BCUT2D eigenvalue weighted by atomic mass is 32.1. The van der Waals surface area contributed by atoms with Crippen molar-refractivity contribution in [3.8, 4) is 5.82 Å². The van der Waals surface area contributed by atoms with Crippen molar-refractivity contribution in [1.82, 2.24) is 19.7 Å². The van der Waals surface area contributed by atoms with Gasteiger partial charge in [-0.15, -0.1) is 11.3 Å². The number of carbonyl (C=O) groups excluding carboxylic acids is 1. The minimum absolute atomic E-state index is 0.206. The summed E-state index contributed by atoms with van der Waals surface area (Å²) >= 11 is 1.53. The number of rotatable bonds is 4. The van der Waals surface area contributed by atoms with E-state index in [2.05, 4.69) is 20.4 Å². The number of thiophene rings is 1. The van der Waals surface area contributed by atoms with Crippen LogP contribution in [0.1, 0.15) is 17.4 Å². The van der Waals surface area contributed by atoms with Crippen molar-refractivity contribution in [2.75, 3.05) is 11.9 Å². The SMILES string of the molecule is CCNc1nc(-n2ccc(C(N)=O)n2)c2ccsc2n1. The van der Waals surface area contributed by atoms with Crippen LogP contribution in [0.5, 0.6) is 0 Å². The summed E-state index contributed by atoms with van der Waals surface area (Å²) in [5.41, 5.74) is 5.42. The molecule has 0 fully saturated rings. The number of fused-ring (bicyclic) bond motifs is 1. The van der Waals surface area contributed by atoms with E-state index in [-0.39, 0.29) is 5.69 Å². The van der Waals surface area contributed by atoms with Crippen molar-refractivity contribution in [2.45, 2.75) is 6.92 Å². The molecule has 3 N–H and O–H groups in total. The molecule has 0 aromatic carbocycles. The maximum absolute atomic E-state index is 11.1. The predicted octanol–water partition coefficient (Wildman–Crippen LogP) is 1.41. The van der Waals surface area contributed by atoms with Crippen molar-refractivity contribution in [3.63, 3.8) is 0 Å². The Morgan fingerprint density at radius 1 is 1.45 bits per heavy atom. The lowest BCUT2D eigenvalue weighted by Gasteiger charge is -2.06. The average Bonchev–Trinajstić information content (AvgIpc) is 3.07. The summed E-state index contributed by atoms with van der Waals surface area (Å²) in [5, 5.41) is 10.0. The van der Waals surface area contributed by atoms with E-state index < -0.39 is 5.91 Å². The third-order valence-corrected chi connectivity index (χ3v) is 3.50. The summed E-state index contributed by atoms with van der Waals surface area (Å²) in [5.74, 6) is 0.597. The van der Waals surface area contributed by atoms with Crippen molar-refractivity contribution in [1.29, 1.82) is 0 Å². The lowest BCUT2D eigenvalue weighted by atomic mass is 10.4. The van der Waals surface area contributed by atoms with Gasteiger partial charge >= 0.3 is 0 Å². The second kappa shape index (κ2) is 4.89. The molecule has 0 aliphatic rings. The normalized spacial score (nSPS) is 10.8. The molecule has 102 valence electrons. The van der Waals surface area contributed by atoms with Crippen molar-refractivity contribution >= 4 is 33.4 Å². The Balaban J connectivity index is 2.17. The van der Waals surface area contributed by atoms with E-state index in [0.717, 1.165) is 16.8 Å². The summed E-state index contributed by atoms with van der Waals surface area (Å²) < 4.78 is 1.54. The van der Waals surface area contributed by atoms with E-state index in [4.69, 9.17) is 5.73 Å². The number of nitrogens with zero attached hydrogens (tertiary/aromatic N) is 4. The molecule has 3 aromatic heterocycles. The first kappa shape index (κ1) is 12.5. The molecule has 0 saturated heterocycles. The molecule has 1 amide bonds. The molecule has 0 spiro atoms. The largest absolute Gasteiger partial charge is 0.364 e. The fourth-order valence-electron chi connectivity index (χ4n) is 1.82. The quantitative estimate of drug-likeness (QED) is 0.756. The Bertz CT molecular complexity index is 777. The van der Waals surface area contributed by atoms with Crippen molar-refractivity contribution < 1.29 is 4.79 Å². The zero-order valence-electron chi connectivity index (χ0n) is 10.7. The van der Waals surface area contributed by atoms with Gasteiger partial charge in [0.1, 0.15) is 10.5 Å². The van der Waals surface area contributed by atoms with Crippen molar-refractivity contribution in [3.05, 3.63) is 29.4 Å². The molecule has 0 saturated carbocycles. The number of amides is 1. The van der Waals surface area contributed by atoms with Gasteiger partial charge in [0.05, 0.1) is 5.39 Å².